The van der Waals surface area contributed by atoms with Crippen LogP contribution < -0.4 is 15.4 Å². The highest BCUT2D eigenvalue weighted by Crippen LogP contribution is 2.25. The molecule has 1 saturated carbocycles. The number of carbonyl (C=O) groups is 1. The molecule has 0 bridgehead atoms. The molecule has 2 rings (SSSR count). The molecule has 22 heavy (non-hydrogen) atoms. The van der Waals surface area contributed by atoms with E-state index in [0.29, 0.717) is 18.6 Å². The van der Waals surface area contributed by atoms with E-state index in [1.165, 1.54) is 18.2 Å². The normalized spacial score (nSPS) is 20.8. The number of anilines is 1. The van der Waals surface area contributed by atoms with Crippen molar-refractivity contribution in [2.75, 3.05) is 11.9 Å². The molecule has 0 saturated heterocycles. The van der Waals surface area contributed by atoms with Gasteiger partial charge in [-0.15, -0.1) is 6.42 Å². The van der Waals surface area contributed by atoms with Crippen LogP contribution in [0.2, 0.25) is 0 Å². The van der Waals surface area contributed by atoms with Gasteiger partial charge >= 0.3 is 6.03 Å². The Morgan fingerprint density at radius 1 is 1.41 bits per heavy atom. The first-order valence-electron chi connectivity index (χ1n) is 7.20. The summed E-state index contributed by atoms with van der Waals surface area (Å²) in [6.07, 6.45) is 7.62. The lowest BCUT2D eigenvalue weighted by Crippen LogP contribution is -2.40. The van der Waals surface area contributed by atoms with Gasteiger partial charge in [0.1, 0.15) is 18.2 Å². The van der Waals surface area contributed by atoms with E-state index in [-0.39, 0.29) is 24.4 Å². The van der Waals surface area contributed by atoms with Gasteiger partial charge in [-0.05, 0) is 37.8 Å². The fourth-order valence-electron chi connectivity index (χ4n) is 2.41. The molecule has 0 radical (unpaired) electrons. The number of halogens is 1. The molecule has 118 valence electrons. The minimum Gasteiger partial charge on any atom is -0.479 e. The van der Waals surface area contributed by atoms with E-state index in [2.05, 4.69) is 16.6 Å². The highest BCUT2D eigenvalue weighted by Gasteiger charge is 2.21. The van der Waals surface area contributed by atoms with Crippen LogP contribution in [0, 0.1) is 18.2 Å². The fourth-order valence-corrected chi connectivity index (χ4v) is 2.41. The Labute approximate surface area is 128 Å². The quantitative estimate of drug-likeness (QED) is 0.747. The molecular weight excluding hydrogens is 287 g/mol. The zero-order valence-electron chi connectivity index (χ0n) is 12.1. The maximum Gasteiger partial charge on any atom is 0.319 e. The van der Waals surface area contributed by atoms with Gasteiger partial charge in [-0.2, -0.15) is 0 Å². The summed E-state index contributed by atoms with van der Waals surface area (Å²) in [7, 11) is 0. The van der Waals surface area contributed by atoms with Crippen molar-refractivity contribution in [1.29, 1.82) is 0 Å². The Morgan fingerprint density at radius 3 is 2.82 bits per heavy atom. The van der Waals surface area contributed by atoms with E-state index in [1.54, 1.807) is 0 Å². The van der Waals surface area contributed by atoms with Crippen molar-refractivity contribution >= 4 is 11.7 Å². The third-order valence-electron chi connectivity index (χ3n) is 3.53. The Kier molecular flexibility index (Phi) is 5.61. The number of aliphatic hydroxyl groups excluding tert-OH is 1. The molecule has 1 aliphatic carbocycles. The van der Waals surface area contributed by atoms with Crippen molar-refractivity contribution in [2.45, 2.75) is 37.8 Å². The predicted molar refractivity (Wildman–Crippen MR) is 81.1 cm³/mol. The maximum atomic E-state index is 13.3. The number of carbonyl (C=O) groups excluding carboxylic acids is 1. The van der Waals surface area contributed by atoms with Gasteiger partial charge in [0.15, 0.2) is 0 Å². The average molecular weight is 306 g/mol. The molecule has 0 spiro atoms. The lowest BCUT2D eigenvalue weighted by atomic mass is 9.93. The predicted octanol–water partition coefficient (Wildman–Crippen LogP) is 2.26. The van der Waals surface area contributed by atoms with Gasteiger partial charge in [-0.25, -0.2) is 9.18 Å². The molecule has 0 aromatic heterocycles. The third kappa shape index (κ3) is 4.64. The van der Waals surface area contributed by atoms with Crippen LogP contribution in [-0.2, 0) is 0 Å². The second kappa shape index (κ2) is 7.66. The lowest BCUT2D eigenvalue weighted by Gasteiger charge is -2.26. The number of nitrogens with one attached hydrogen (secondary N) is 2. The minimum atomic E-state index is -0.482. The van der Waals surface area contributed by atoms with Crippen LogP contribution in [0.3, 0.4) is 0 Å². The van der Waals surface area contributed by atoms with Crippen molar-refractivity contribution in [1.82, 2.24) is 5.32 Å². The summed E-state index contributed by atoms with van der Waals surface area (Å²) >= 11 is 0. The number of hydrogen-bond acceptors (Lipinski definition) is 3. The second-order valence-corrected chi connectivity index (χ2v) is 5.24. The molecule has 6 heteroatoms. The van der Waals surface area contributed by atoms with Gasteiger partial charge in [0, 0.05) is 12.1 Å². The first kappa shape index (κ1) is 16.1. The van der Waals surface area contributed by atoms with Gasteiger partial charge in [-0.3, -0.25) is 0 Å². The zero-order valence-corrected chi connectivity index (χ0v) is 12.1. The monoisotopic (exact) mass is 306 g/mol. The van der Waals surface area contributed by atoms with E-state index in [4.69, 9.17) is 11.2 Å². The van der Waals surface area contributed by atoms with E-state index >= 15 is 0 Å². The SMILES string of the molecule is C#CCOc1ccc(F)cc1NC(=O)NC1CCC(O)CC1. The van der Waals surface area contributed by atoms with Gasteiger partial charge < -0.3 is 20.5 Å². The molecule has 0 atom stereocenters. The van der Waals surface area contributed by atoms with Crippen LogP contribution >= 0.6 is 0 Å². The van der Waals surface area contributed by atoms with Crippen molar-refractivity contribution in [2.24, 2.45) is 0 Å². The zero-order chi connectivity index (χ0) is 15.9. The smallest absolute Gasteiger partial charge is 0.319 e. The van der Waals surface area contributed by atoms with Crippen LogP contribution in [0.15, 0.2) is 18.2 Å². The molecule has 1 aromatic carbocycles. The third-order valence-corrected chi connectivity index (χ3v) is 3.53. The Morgan fingerprint density at radius 2 is 2.14 bits per heavy atom. The van der Waals surface area contributed by atoms with Crippen molar-refractivity contribution in [3.05, 3.63) is 24.0 Å². The molecule has 2 amide bonds. The number of amides is 2. The van der Waals surface area contributed by atoms with Crippen molar-refractivity contribution in [3.63, 3.8) is 0 Å². The first-order valence-corrected chi connectivity index (χ1v) is 7.20. The summed E-state index contributed by atoms with van der Waals surface area (Å²) in [5.74, 6) is 2.14. The number of ether oxygens (including phenoxy) is 1. The van der Waals surface area contributed by atoms with Gasteiger partial charge in [-0.1, -0.05) is 5.92 Å². The van der Waals surface area contributed by atoms with Crippen LogP contribution in [0.5, 0.6) is 5.75 Å². The minimum absolute atomic E-state index is 0.00651. The Bertz CT molecular complexity index is 563. The first-order chi connectivity index (χ1) is 10.6. The summed E-state index contributed by atoms with van der Waals surface area (Å²) in [5, 5.41) is 14.8. The number of hydrogen-bond donors (Lipinski definition) is 3. The highest BCUT2D eigenvalue weighted by molar-refractivity contribution is 5.91. The topological polar surface area (TPSA) is 70.6 Å². The maximum absolute atomic E-state index is 13.3. The molecule has 0 aliphatic heterocycles. The standard InChI is InChI=1S/C16H19FN2O3/c1-2-9-22-15-8-3-11(17)10-14(15)19-16(21)18-12-4-6-13(20)7-5-12/h1,3,8,10,12-13,20H,4-7,9H2,(H2,18,19,21). The van der Waals surface area contributed by atoms with Gasteiger partial charge in [0.2, 0.25) is 0 Å². The molecular formula is C16H19FN2O3. The van der Waals surface area contributed by atoms with Gasteiger partial charge in [0.25, 0.3) is 0 Å². The van der Waals surface area contributed by atoms with Crippen LogP contribution in [0.1, 0.15) is 25.7 Å². The van der Waals surface area contributed by atoms with Crippen LogP contribution in [0.4, 0.5) is 14.9 Å². The lowest BCUT2D eigenvalue weighted by molar-refractivity contribution is 0.118. The van der Waals surface area contributed by atoms with E-state index in [1.807, 2.05) is 0 Å². The average Bonchev–Trinajstić information content (AvgIpc) is 2.49. The molecule has 5 nitrogen and oxygen atoms in total. The van der Waals surface area contributed by atoms with Crippen molar-refractivity contribution < 1.29 is 19.0 Å². The van der Waals surface area contributed by atoms with Gasteiger partial charge in [0.05, 0.1) is 11.8 Å². The molecule has 1 aliphatic rings. The number of benzene rings is 1. The Balaban J connectivity index is 1.95. The molecule has 1 aromatic rings. The summed E-state index contributed by atoms with van der Waals surface area (Å²) in [4.78, 5) is 12.0. The van der Waals surface area contributed by atoms with E-state index < -0.39 is 11.8 Å². The van der Waals surface area contributed by atoms with Crippen molar-refractivity contribution in [3.8, 4) is 18.1 Å². The highest BCUT2D eigenvalue weighted by atomic mass is 19.1. The van der Waals surface area contributed by atoms with Crippen LogP contribution in [0.25, 0.3) is 0 Å². The van der Waals surface area contributed by atoms with E-state index in [9.17, 15) is 14.3 Å². The summed E-state index contributed by atoms with van der Waals surface area (Å²) in [6.45, 7) is 0.0302. The fraction of sp³-hybridized carbons (Fsp3) is 0.438. The van der Waals surface area contributed by atoms with Crippen LogP contribution in [-0.4, -0.2) is 29.9 Å². The molecule has 0 heterocycles. The number of aliphatic hydroxyl groups is 1. The summed E-state index contributed by atoms with van der Waals surface area (Å²) < 4.78 is 18.6. The number of terminal acetylenes is 1. The molecule has 0 unspecified atom stereocenters. The summed E-state index contributed by atoms with van der Waals surface area (Å²) in [5.41, 5.74) is 0.226. The number of rotatable bonds is 4. The molecule has 3 N–H and O–H groups in total. The summed E-state index contributed by atoms with van der Waals surface area (Å²) in [6, 6.07) is 3.40. The number of urea groups is 1. The Hall–Kier alpha value is -2.26. The second-order valence-electron chi connectivity index (χ2n) is 5.24. The molecule has 1 fully saturated rings. The van der Waals surface area contributed by atoms with E-state index in [0.717, 1.165) is 12.8 Å². The largest absolute Gasteiger partial charge is 0.479 e.